The number of amides is 1. The van der Waals surface area contributed by atoms with Gasteiger partial charge in [-0.25, -0.2) is 4.39 Å². The lowest BCUT2D eigenvalue weighted by Gasteiger charge is -2.15. The molecule has 0 saturated heterocycles. The number of rotatable bonds is 4. The van der Waals surface area contributed by atoms with E-state index in [1.165, 1.54) is 12.1 Å². The van der Waals surface area contributed by atoms with Crippen LogP contribution in [0.3, 0.4) is 0 Å². The number of hydrogen-bond donors (Lipinski definition) is 2. The van der Waals surface area contributed by atoms with Crippen molar-refractivity contribution in [2.75, 3.05) is 5.32 Å². The van der Waals surface area contributed by atoms with Crippen LogP contribution in [-0.4, -0.2) is 11.9 Å². The lowest BCUT2D eigenvalue weighted by molar-refractivity contribution is -0.116. The monoisotopic (exact) mass is 238 g/mol. The fourth-order valence-corrected chi connectivity index (χ4v) is 1.47. The molecule has 94 valence electrons. The van der Waals surface area contributed by atoms with Crippen molar-refractivity contribution >= 4 is 11.6 Å². The molecule has 0 saturated carbocycles. The molecule has 0 fully saturated rings. The number of nitrogens with two attached hydrogens (primary N) is 1. The van der Waals surface area contributed by atoms with Crippen molar-refractivity contribution in [3.63, 3.8) is 0 Å². The number of aryl methyl sites for hydroxylation is 1. The van der Waals surface area contributed by atoms with E-state index in [2.05, 4.69) is 5.32 Å². The van der Waals surface area contributed by atoms with E-state index in [4.69, 9.17) is 5.73 Å². The lowest BCUT2D eigenvalue weighted by Crippen LogP contribution is -2.31. The van der Waals surface area contributed by atoms with Crippen molar-refractivity contribution in [2.24, 2.45) is 11.7 Å². The lowest BCUT2D eigenvalue weighted by atomic mass is 10.0. The summed E-state index contributed by atoms with van der Waals surface area (Å²) in [5.41, 5.74) is 7.04. The highest BCUT2D eigenvalue weighted by Crippen LogP contribution is 2.14. The van der Waals surface area contributed by atoms with Gasteiger partial charge in [-0.3, -0.25) is 4.79 Å². The fourth-order valence-electron chi connectivity index (χ4n) is 1.47. The third kappa shape index (κ3) is 4.53. The molecule has 1 amide bonds. The normalized spacial score (nSPS) is 12.6. The number of hydrogen-bond acceptors (Lipinski definition) is 2. The standard InChI is InChI=1S/C13H19FN2O/c1-8(2)12(15)7-13(17)16-11-5-9(3)4-10(14)6-11/h4-6,8,12H,7,15H2,1-3H3,(H,16,17). The molecule has 0 radical (unpaired) electrons. The SMILES string of the molecule is Cc1cc(F)cc(NC(=O)CC(N)C(C)C)c1. The first-order chi connectivity index (χ1) is 7.88. The molecule has 0 aliphatic heterocycles. The molecule has 3 nitrogen and oxygen atoms in total. The van der Waals surface area contributed by atoms with Crippen LogP contribution in [0.25, 0.3) is 0 Å². The van der Waals surface area contributed by atoms with Crippen LogP contribution in [0.4, 0.5) is 10.1 Å². The maximum Gasteiger partial charge on any atom is 0.225 e. The maximum atomic E-state index is 13.1. The minimum atomic E-state index is -0.353. The summed E-state index contributed by atoms with van der Waals surface area (Å²) in [5.74, 6) is -0.292. The van der Waals surface area contributed by atoms with Gasteiger partial charge in [-0.05, 0) is 36.6 Å². The Kier molecular flexibility index (Phi) is 4.63. The summed E-state index contributed by atoms with van der Waals surface area (Å²) < 4.78 is 13.1. The molecule has 0 aromatic heterocycles. The van der Waals surface area contributed by atoms with Gasteiger partial charge < -0.3 is 11.1 Å². The number of carbonyl (C=O) groups excluding carboxylic acids is 1. The summed E-state index contributed by atoms with van der Waals surface area (Å²) in [4.78, 5) is 11.6. The van der Waals surface area contributed by atoms with Gasteiger partial charge in [0.2, 0.25) is 5.91 Å². The van der Waals surface area contributed by atoms with Crippen molar-refractivity contribution in [1.82, 2.24) is 0 Å². The second-order valence-electron chi connectivity index (χ2n) is 4.68. The minimum absolute atomic E-state index is 0.176. The molecule has 1 atom stereocenters. The van der Waals surface area contributed by atoms with E-state index in [1.54, 1.807) is 13.0 Å². The molecule has 0 heterocycles. The highest BCUT2D eigenvalue weighted by Gasteiger charge is 2.13. The van der Waals surface area contributed by atoms with Gasteiger partial charge in [-0.15, -0.1) is 0 Å². The van der Waals surface area contributed by atoms with Gasteiger partial charge in [0.1, 0.15) is 5.82 Å². The van der Waals surface area contributed by atoms with Crippen LogP contribution in [0.1, 0.15) is 25.8 Å². The summed E-state index contributed by atoms with van der Waals surface area (Å²) in [6.07, 6.45) is 0.243. The molecule has 0 spiro atoms. The number of anilines is 1. The molecular weight excluding hydrogens is 219 g/mol. The molecule has 0 bridgehead atoms. The third-order valence-electron chi connectivity index (χ3n) is 2.60. The van der Waals surface area contributed by atoms with E-state index in [-0.39, 0.29) is 30.1 Å². The molecule has 1 aromatic carbocycles. The first-order valence-corrected chi connectivity index (χ1v) is 5.71. The quantitative estimate of drug-likeness (QED) is 0.846. The Morgan fingerprint density at radius 3 is 2.59 bits per heavy atom. The predicted octanol–water partition coefficient (Wildman–Crippen LogP) is 2.45. The van der Waals surface area contributed by atoms with Crippen LogP contribution in [0.5, 0.6) is 0 Å². The largest absolute Gasteiger partial charge is 0.327 e. The maximum absolute atomic E-state index is 13.1. The van der Waals surface area contributed by atoms with Crippen LogP contribution in [0.15, 0.2) is 18.2 Å². The third-order valence-corrected chi connectivity index (χ3v) is 2.60. The molecule has 1 aromatic rings. The van der Waals surface area contributed by atoms with Crippen molar-refractivity contribution in [3.8, 4) is 0 Å². The smallest absolute Gasteiger partial charge is 0.225 e. The van der Waals surface area contributed by atoms with E-state index in [0.29, 0.717) is 5.69 Å². The van der Waals surface area contributed by atoms with Crippen molar-refractivity contribution < 1.29 is 9.18 Å². The van der Waals surface area contributed by atoms with Crippen LogP contribution in [-0.2, 0) is 4.79 Å². The van der Waals surface area contributed by atoms with Crippen LogP contribution in [0.2, 0.25) is 0 Å². The Morgan fingerprint density at radius 2 is 2.06 bits per heavy atom. The van der Waals surface area contributed by atoms with Gasteiger partial charge in [-0.2, -0.15) is 0 Å². The second kappa shape index (κ2) is 5.77. The highest BCUT2D eigenvalue weighted by molar-refractivity contribution is 5.91. The average molecular weight is 238 g/mol. The van der Waals surface area contributed by atoms with Gasteiger partial charge in [0.25, 0.3) is 0 Å². The number of carbonyl (C=O) groups is 1. The van der Waals surface area contributed by atoms with Gasteiger partial charge in [0.15, 0.2) is 0 Å². The highest BCUT2D eigenvalue weighted by atomic mass is 19.1. The van der Waals surface area contributed by atoms with Crippen molar-refractivity contribution in [3.05, 3.63) is 29.6 Å². The van der Waals surface area contributed by atoms with Crippen molar-refractivity contribution in [2.45, 2.75) is 33.2 Å². The Morgan fingerprint density at radius 1 is 1.41 bits per heavy atom. The van der Waals surface area contributed by atoms with Crippen LogP contribution >= 0.6 is 0 Å². The number of nitrogens with one attached hydrogen (secondary N) is 1. The summed E-state index contributed by atoms with van der Waals surface area (Å²) in [6, 6.07) is 4.26. The van der Waals surface area contributed by atoms with Gasteiger partial charge in [0.05, 0.1) is 0 Å². The molecule has 1 unspecified atom stereocenters. The number of benzene rings is 1. The molecular formula is C13H19FN2O. The molecule has 0 aliphatic rings. The zero-order valence-electron chi connectivity index (χ0n) is 10.5. The summed E-state index contributed by atoms with van der Waals surface area (Å²) >= 11 is 0. The summed E-state index contributed by atoms with van der Waals surface area (Å²) in [7, 11) is 0. The second-order valence-corrected chi connectivity index (χ2v) is 4.68. The van der Waals surface area contributed by atoms with E-state index in [0.717, 1.165) is 5.56 Å². The van der Waals surface area contributed by atoms with Gasteiger partial charge in [0, 0.05) is 18.2 Å². The van der Waals surface area contributed by atoms with Crippen LogP contribution < -0.4 is 11.1 Å². The Bertz CT molecular complexity index is 384. The Labute approximate surface area is 101 Å². The predicted molar refractivity (Wildman–Crippen MR) is 67.2 cm³/mol. The molecule has 1 rings (SSSR count). The van der Waals surface area contributed by atoms with E-state index in [9.17, 15) is 9.18 Å². The average Bonchev–Trinajstić information content (AvgIpc) is 2.14. The van der Waals surface area contributed by atoms with Gasteiger partial charge in [-0.1, -0.05) is 13.8 Å². The fraction of sp³-hybridized carbons (Fsp3) is 0.462. The van der Waals surface area contributed by atoms with Gasteiger partial charge >= 0.3 is 0 Å². The van der Waals surface area contributed by atoms with Crippen LogP contribution in [0, 0.1) is 18.7 Å². The number of halogens is 1. The molecule has 0 aliphatic carbocycles. The zero-order valence-corrected chi connectivity index (χ0v) is 10.5. The minimum Gasteiger partial charge on any atom is -0.327 e. The molecule has 3 N–H and O–H groups in total. The molecule has 17 heavy (non-hydrogen) atoms. The van der Waals surface area contributed by atoms with E-state index in [1.807, 2.05) is 13.8 Å². The topological polar surface area (TPSA) is 55.1 Å². The van der Waals surface area contributed by atoms with E-state index < -0.39 is 0 Å². The summed E-state index contributed by atoms with van der Waals surface area (Å²) in [6.45, 7) is 5.70. The Hall–Kier alpha value is -1.42. The van der Waals surface area contributed by atoms with Crippen molar-refractivity contribution in [1.29, 1.82) is 0 Å². The first kappa shape index (κ1) is 13.6. The summed E-state index contributed by atoms with van der Waals surface area (Å²) in [5, 5.41) is 2.65. The van der Waals surface area contributed by atoms with E-state index >= 15 is 0 Å². The first-order valence-electron chi connectivity index (χ1n) is 5.71. The Balaban J connectivity index is 2.62. The zero-order chi connectivity index (χ0) is 13.0. The molecule has 4 heteroatoms.